The van der Waals surface area contributed by atoms with Crippen LogP contribution in [0.15, 0.2) is 30.0 Å². The van der Waals surface area contributed by atoms with Gasteiger partial charge in [-0.1, -0.05) is 24.6 Å². The van der Waals surface area contributed by atoms with E-state index >= 15 is 0 Å². The minimum absolute atomic E-state index is 0.0323. The lowest BCUT2D eigenvalue weighted by atomic mass is 9.68. The van der Waals surface area contributed by atoms with Gasteiger partial charge in [0.25, 0.3) is 0 Å². The largest absolute Gasteiger partial charge is 0.461 e. The first-order valence-corrected chi connectivity index (χ1v) is 7.03. The number of fused-ring (bicyclic) bond motifs is 1. The van der Waals surface area contributed by atoms with Gasteiger partial charge in [0.1, 0.15) is 6.10 Å². The van der Waals surface area contributed by atoms with E-state index in [9.17, 15) is 4.79 Å². The van der Waals surface area contributed by atoms with E-state index in [0.717, 1.165) is 18.5 Å². The number of hydrogen-bond donors (Lipinski definition) is 0. The summed E-state index contributed by atoms with van der Waals surface area (Å²) in [6, 6.07) is 4.14. The lowest BCUT2D eigenvalue weighted by molar-refractivity contribution is -0.150. The highest BCUT2D eigenvalue weighted by molar-refractivity contribution is 5.69. The Morgan fingerprint density at radius 1 is 1.53 bits per heavy atom. The van der Waals surface area contributed by atoms with Crippen molar-refractivity contribution in [3.05, 3.63) is 41.2 Å². The summed E-state index contributed by atoms with van der Waals surface area (Å²) in [5, 5.41) is 0. The molecular weight excluding hydrogens is 238 g/mol. The van der Waals surface area contributed by atoms with E-state index in [-0.39, 0.29) is 18.0 Å². The quantitative estimate of drug-likeness (QED) is 0.616. The molecule has 1 heterocycles. The molecule has 100 valence electrons. The summed E-state index contributed by atoms with van der Waals surface area (Å²) >= 11 is 0. The number of allylic oxidation sites excluding steroid dienone is 1. The molecule has 3 heteroatoms. The lowest BCUT2D eigenvalue weighted by Crippen LogP contribution is -2.36. The Bertz CT molecular complexity index is 535. The normalized spacial score (nSPS) is 27.7. The monoisotopic (exact) mass is 257 g/mol. The molecule has 2 bridgehead atoms. The molecule has 3 atom stereocenters. The zero-order valence-electron chi connectivity index (χ0n) is 11.4. The third-order valence-electron chi connectivity index (χ3n) is 4.16. The Hall–Kier alpha value is -1.64. The third kappa shape index (κ3) is 2.07. The number of aromatic nitrogens is 1. The van der Waals surface area contributed by atoms with Crippen LogP contribution in [-0.4, -0.2) is 17.1 Å². The predicted molar refractivity (Wildman–Crippen MR) is 72.9 cm³/mol. The lowest BCUT2D eigenvalue weighted by Gasteiger charge is -2.40. The fraction of sp³-hybridized carbons (Fsp3) is 0.500. The number of nitrogens with zero attached hydrogens (tertiary/aromatic N) is 1. The van der Waals surface area contributed by atoms with E-state index in [1.165, 1.54) is 11.1 Å². The molecule has 4 rings (SSSR count). The van der Waals surface area contributed by atoms with Crippen LogP contribution >= 0.6 is 0 Å². The van der Waals surface area contributed by atoms with Gasteiger partial charge in [0, 0.05) is 18.5 Å². The number of rotatable bonds is 3. The summed E-state index contributed by atoms with van der Waals surface area (Å²) in [7, 11) is 0. The van der Waals surface area contributed by atoms with Crippen molar-refractivity contribution >= 4 is 5.97 Å². The fourth-order valence-electron chi connectivity index (χ4n) is 3.26. The maximum atomic E-state index is 11.7. The van der Waals surface area contributed by atoms with Crippen molar-refractivity contribution < 1.29 is 9.53 Å². The van der Waals surface area contributed by atoms with Crippen molar-refractivity contribution in [1.82, 2.24) is 4.98 Å². The maximum absolute atomic E-state index is 11.7. The molecule has 0 N–H and O–H groups in total. The average Bonchev–Trinajstić information content (AvgIpc) is 2.41. The molecule has 0 spiro atoms. The second-order valence-corrected chi connectivity index (χ2v) is 5.48. The summed E-state index contributed by atoms with van der Waals surface area (Å²) in [6.07, 6.45) is 6.27. The Morgan fingerprint density at radius 3 is 3.16 bits per heavy atom. The van der Waals surface area contributed by atoms with Gasteiger partial charge in [-0.15, -0.1) is 0 Å². The molecule has 0 fully saturated rings. The number of carbonyl (C=O) groups excluding carboxylic acids is 1. The summed E-state index contributed by atoms with van der Waals surface area (Å²) in [5.41, 5.74) is 3.79. The van der Waals surface area contributed by atoms with Gasteiger partial charge >= 0.3 is 5.97 Å². The third-order valence-corrected chi connectivity index (χ3v) is 4.16. The zero-order chi connectivity index (χ0) is 13.4. The van der Waals surface area contributed by atoms with Crippen LogP contribution in [-0.2, 0) is 9.53 Å². The maximum Gasteiger partial charge on any atom is 0.306 e. The topological polar surface area (TPSA) is 39.2 Å². The van der Waals surface area contributed by atoms with Gasteiger partial charge in [-0.3, -0.25) is 9.78 Å². The SMILES string of the molecule is CCCC(=O)OC1CC2C(C)=CC1c1ncccc12. The molecular formula is C16H19NO2. The molecule has 1 aromatic heterocycles. The van der Waals surface area contributed by atoms with Crippen LogP contribution in [0.3, 0.4) is 0 Å². The first kappa shape index (κ1) is 12.4. The van der Waals surface area contributed by atoms with Crippen molar-refractivity contribution in [1.29, 1.82) is 0 Å². The van der Waals surface area contributed by atoms with Gasteiger partial charge in [-0.25, -0.2) is 0 Å². The van der Waals surface area contributed by atoms with Gasteiger partial charge in [0.2, 0.25) is 0 Å². The molecule has 1 aromatic rings. The second kappa shape index (κ2) is 4.80. The molecule has 0 aromatic carbocycles. The Morgan fingerprint density at radius 2 is 2.37 bits per heavy atom. The van der Waals surface area contributed by atoms with Crippen molar-refractivity contribution in [2.45, 2.75) is 51.0 Å². The first-order chi connectivity index (χ1) is 9.20. The van der Waals surface area contributed by atoms with Gasteiger partial charge in [0.15, 0.2) is 0 Å². The zero-order valence-corrected chi connectivity index (χ0v) is 11.4. The van der Waals surface area contributed by atoms with Gasteiger partial charge < -0.3 is 4.74 Å². The molecule has 0 saturated carbocycles. The van der Waals surface area contributed by atoms with Crippen molar-refractivity contribution in [2.24, 2.45) is 0 Å². The predicted octanol–water partition coefficient (Wildman–Crippen LogP) is 3.32. The molecule has 0 aliphatic heterocycles. The summed E-state index contributed by atoms with van der Waals surface area (Å²) in [5.74, 6) is 0.429. The van der Waals surface area contributed by atoms with Crippen LogP contribution in [0.1, 0.15) is 56.2 Å². The fourth-order valence-corrected chi connectivity index (χ4v) is 3.26. The number of carbonyl (C=O) groups is 1. The standard InChI is InChI=1S/C16H19NO2/c1-3-5-15(18)19-14-9-12-10(2)8-13(14)16-11(12)6-4-7-17-16/h4,6-8,12-14H,3,5,9H2,1-2H3. The Balaban J connectivity index is 1.88. The van der Waals surface area contributed by atoms with Crippen LogP contribution < -0.4 is 0 Å². The summed E-state index contributed by atoms with van der Waals surface area (Å²) in [6.45, 7) is 4.16. The molecule has 19 heavy (non-hydrogen) atoms. The highest BCUT2D eigenvalue weighted by Gasteiger charge is 2.41. The number of pyridine rings is 1. The van der Waals surface area contributed by atoms with E-state index in [1.54, 1.807) is 0 Å². The first-order valence-electron chi connectivity index (χ1n) is 7.03. The number of hydrogen-bond acceptors (Lipinski definition) is 3. The van der Waals surface area contributed by atoms with Crippen LogP contribution in [0.25, 0.3) is 0 Å². The van der Waals surface area contributed by atoms with Crippen molar-refractivity contribution in [3.63, 3.8) is 0 Å². The van der Waals surface area contributed by atoms with E-state index in [2.05, 4.69) is 24.1 Å². The smallest absolute Gasteiger partial charge is 0.306 e. The minimum Gasteiger partial charge on any atom is -0.461 e. The molecule has 0 amide bonds. The molecule has 3 nitrogen and oxygen atoms in total. The summed E-state index contributed by atoms with van der Waals surface area (Å²) in [4.78, 5) is 16.2. The molecule has 3 aliphatic carbocycles. The van der Waals surface area contributed by atoms with Gasteiger partial charge in [-0.2, -0.15) is 0 Å². The van der Waals surface area contributed by atoms with Crippen molar-refractivity contribution in [3.8, 4) is 0 Å². The number of ether oxygens (including phenoxy) is 1. The molecule has 3 unspecified atom stereocenters. The van der Waals surface area contributed by atoms with Crippen LogP contribution in [0.5, 0.6) is 0 Å². The van der Waals surface area contributed by atoms with E-state index in [1.807, 2.05) is 19.2 Å². The highest BCUT2D eigenvalue weighted by Crippen LogP contribution is 2.48. The Kier molecular flexibility index (Phi) is 3.13. The molecule has 0 saturated heterocycles. The average molecular weight is 257 g/mol. The van der Waals surface area contributed by atoms with Gasteiger partial charge in [0.05, 0.1) is 11.6 Å². The van der Waals surface area contributed by atoms with E-state index < -0.39 is 0 Å². The van der Waals surface area contributed by atoms with Gasteiger partial charge in [-0.05, 0) is 31.4 Å². The van der Waals surface area contributed by atoms with E-state index in [4.69, 9.17) is 4.74 Å². The number of esters is 1. The van der Waals surface area contributed by atoms with Crippen LogP contribution in [0.4, 0.5) is 0 Å². The molecule has 0 radical (unpaired) electrons. The highest BCUT2D eigenvalue weighted by atomic mass is 16.5. The minimum atomic E-state index is -0.0800. The van der Waals surface area contributed by atoms with Crippen molar-refractivity contribution in [2.75, 3.05) is 0 Å². The summed E-state index contributed by atoms with van der Waals surface area (Å²) < 4.78 is 5.65. The van der Waals surface area contributed by atoms with E-state index in [0.29, 0.717) is 12.3 Å². The second-order valence-electron chi connectivity index (χ2n) is 5.48. The van der Waals surface area contributed by atoms with Crippen LogP contribution in [0, 0.1) is 0 Å². The molecule has 3 aliphatic rings. The Labute approximate surface area is 113 Å². The van der Waals surface area contributed by atoms with Crippen LogP contribution in [0.2, 0.25) is 0 Å².